The molecule has 106 valence electrons. The molecule has 0 aromatic heterocycles. The first-order chi connectivity index (χ1) is 8.47. The van der Waals surface area contributed by atoms with Crippen molar-refractivity contribution in [2.24, 2.45) is 5.92 Å². The molecule has 1 N–H and O–H groups in total. The van der Waals surface area contributed by atoms with Gasteiger partial charge in [-0.2, -0.15) is 0 Å². The van der Waals surface area contributed by atoms with Crippen LogP contribution in [0, 0.1) is 5.92 Å². The summed E-state index contributed by atoms with van der Waals surface area (Å²) in [5, 5.41) is 3.37. The summed E-state index contributed by atoms with van der Waals surface area (Å²) >= 11 is 0. The lowest BCUT2D eigenvalue weighted by Crippen LogP contribution is -2.36. The molecule has 0 aliphatic heterocycles. The lowest BCUT2D eigenvalue weighted by molar-refractivity contribution is -0.145. The molecule has 0 atom stereocenters. The van der Waals surface area contributed by atoms with Crippen LogP contribution in [0.2, 0.25) is 0 Å². The molecular formula is C15H29NO2. The summed E-state index contributed by atoms with van der Waals surface area (Å²) in [7, 11) is 0. The maximum atomic E-state index is 11.6. The summed E-state index contributed by atoms with van der Waals surface area (Å²) in [6.45, 7) is 7.92. The number of nitrogens with one attached hydrogen (secondary N) is 1. The Morgan fingerprint density at radius 1 is 1.22 bits per heavy atom. The SMILES string of the molecule is CC(C)(C)NCCCC(=O)OCC1CCCCC1. The van der Waals surface area contributed by atoms with Gasteiger partial charge in [0.1, 0.15) is 0 Å². The average Bonchev–Trinajstić information content (AvgIpc) is 2.32. The Hall–Kier alpha value is -0.570. The van der Waals surface area contributed by atoms with Crippen LogP contribution >= 0.6 is 0 Å². The molecule has 18 heavy (non-hydrogen) atoms. The lowest BCUT2D eigenvalue weighted by Gasteiger charge is -2.21. The highest BCUT2D eigenvalue weighted by Crippen LogP contribution is 2.23. The van der Waals surface area contributed by atoms with Gasteiger partial charge in [0.25, 0.3) is 0 Å². The summed E-state index contributed by atoms with van der Waals surface area (Å²) < 4.78 is 5.35. The summed E-state index contributed by atoms with van der Waals surface area (Å²) in [4.78, 5) is 11.6. The van der Waals surface area contributed by atoms with E-state index in [2.05, 4.69) is 26.1 Å². The second-order valence-corrected chi connectivity index (χ2v) is 6.47. The standard InChI is InChI=1S/C15H29NO2/c1-15(2,3)16-11-7-10-14(17)18-12-13-8-5-4-6-9-13/h13,16H,4-12H2,1-3H3. The van der Waals surface area contributed by atoms with E-state index in [-0.39, 0.29) is 11.5 Å². The second-order valence-electron chi connectivity index (χ2n) is 6.47. The van der Waals surface area contributed by atoms with Gasteiger partial charge in [-0.25, -0.2) is 0 Å². The van der Waals surface area contributed by atoms with Gasteiger partial charge in [0, 0.05) is 12.0 Å². The van der Waals surface area contributed by atoms with E-state index in [0.717, 1.165) is 13.0 Å². The molecule has 0 aromatic rings. The maximum absolute atomic E-state index is 11.6. The molecule has 1 rings (SSSR count). The number of rotatable bonds is 6. The molecule has 1 fully saturated rings. The molecule has 0 heterocycles. The molecule has 3 heteroatoms. The van der Waals surface area contributed by atoms with Crippen molar-refractivity contribution in [3.63, 3.8) is 0 Å². The van der Waals surface area contributed by atoms with Crippen LogP contribution in [0.3, 0.4) is 0 Å². The van der Waals surface area contributed by atoms with Crippen LogP contribution in [0.1, 0.15) is 65.7 Å². The van der Waals surface area contributed by atoms with Crippen molar-refractivity contribution in [3.8, 4) is 0 Å². The Balaban J connectivity index is 2.00. The third-order valence-electron chi connectivity index (χ3n) is 3.42. The quantitative estimate of drug-likeness (QED) is 0.585. The third-order valence-corrected chi connectivity index (χ3v) is 3.42. The molecule has 1 saturated carbocycles. The Bertz CT molecular complexity index is 239. The molecule has 0 radical (unpaired) electrons. The molecule has 0 spiro atoms. The molecule has 0 amide bonds. The van der Waals surface area contributed by atoms with E-state index in [9.17, 15) is 4.79 Å². The van der Waals surface area contributed by atoms with Crippen molar-refractivity contribution in [2.45, 2.75) is 71.3 Å². The van der Waals surface area contributed by atoms with E-state index in [0.29, 0.717) is 18.9 Å². The lowest BCUT2D eigenvalue weighted by atomic mass is 9.90. The fraction of sp³-hybridized carbons (Fsp3) is 0.933. The van der Waals surface area contributed by atoms with Crippen LogP contribution in [0.4, 0.5) is 0 Å². The molecule has 0 saturated heterocycles. The monoisotopic (exact) mass is 255 g/mol. The fourth-order valence-electron chi connectivity index (χ4n) is 2.33. The highest BCUT2D eigenvalue weighted by atomic mass is 16.5. The minimum absolute atomic E-state index is 0.0312. The summed E-state index contributed by atoms with van der Waals surface area (Å²) in [5.41, 5.74) is 0.131. The molecule has 0 bridgehead atoms. The number of ether oxygens (including phenoxy) is 1. The molecule has 3 nitrogen and oxygen atoms in total. The number of hydrogen-bond donors (Lipinski definition) is 1. The van der Waals surface area contributed by atoms with Crippen molar-refractivity contribution in [1.82, 2.24) is 5.32 Å². The molecule has 0 unspecified atom stereocenters. The number of esters is 1. The van der Waals surface area contributed by atoms with Gasteiger partial charge >= 0.3 is 5.97 Å². The number of carbonyl (C=O) groups excluding carboxylic acids is 1. The van der Waals surface area contributed by atoms with Crippen LogP contribution in [-0.4, -0.2) is 24.7 Å². The van der Waals surface area contributed by atoms with Crippen LogP contribution in [-0.2, 0) is 9.53 Å². The first-order valence-corrected chi connectivity index (χ1v) is 7.38. The van der Waals surface area contributed by atoms with Gasteiger partial charge in [-0.1, -0.05) is 19.3 Å². The van der Waals surface area contributed by atoms with E-state index in [1.807, 2.05) is 0 Å². The zero-order valence-electron chi connectivity index (χ0n) is 12.3. The van der Waals surface area contributed by atoms with Crippen LogP contribution < -0.4 is 5.32 Å². The molecular weight excluding hydrogens is 226 g/mol. The number of carbonyl (C=O) groups is 1. The van der Waals surface area contributed by atoms with Crippen molar-refractivity contribution in [2.75, 3.05) is 13.2 Å². The number of hydrogen-bond acceptors (Lipinski definition) is 3. The van der Waals surface area contributed by atoms with Crippen LogP contribution in [0.25, 0.3) is 0 Å². The molecule has 1 aliphatic carbocycles. The van der Waals surface area contributed by atoms with Gasteiger partial charge in [0.15, 0.2) is 0 Å². The maximum Gasteiger partial charge on any atom is 0.305 e. The van der Waals surface area contributed by atoms with E-state index < -0.39 is 0 Å². The zero-order valence-corrected chi connectivity index (χ0v) is 12.3. The largest absolute Gasteiger partial charge is 0.465 e. The van der Waals surface area contributed by atoms with Crippen molar-refractivity contribution in [1.29, 1.82) is 0 Å². The third kappa shape index (κ3) is 7.70. The summed E-state index contributed by atoms with van der Waals surface area (Å²) in [5.74, 6) is 0.590. The topological polar surface area (TPSA) is 38.3 Å². The Labute approximate surface area is 112 Å². The van der Waals surface area contributed by atoms with Gasteiger partial charge in [-0.05, 0) is 52.5 Å². The normalized spacial score (nSPS) is 17.7. The highest BCUT2D eigenvalue weighted by molar-refractivity contribution is 5.69. The van der Waals surface area contributed by atoms with Gasteiger partial charge in [-0.3, -0.25) is 4.79 Å². The predicted molar refractivity (Wildman–Crippen MR) is 74.5 cm³/mol. The van der Waals surface area contributed by atoms with Crippen LogP contribution in [0.15, 0.2) is 0 Å². The van der Waals surface area contributed by atoms with Gasteiger partial charge < -0.3 is 10.1 Å². The van der Waals surface area contributed by atoms with Crippen molar-refractivity contribution >= 4 is 5.97 Å². The van der Waals surface area contributed by atoms with Crippen molar-refractivity contribution < 1.29 is 9.53 Å². The average molecular weight is 255 g/mol. The van der Waals surface area contributed by atoms with Gasteiger partial charge in [-0.15, -0.1) is 0 Å². The Kier molecular flexibility index (Phi) is 6.69. The van der Waals surface area contributed by atoms with E-state index in [1.54, 1.807) is 0 Å². The summed E-state index contributed by atoms with van der Waals surface area (Å²) in [6, 6.07) is 0. The van der Waals surface area contributed by atoms with E-state index >= 15 is 0 Å². The molecule has 1 aliphatic rings. The van der Waals surface area contributed by atoms with E-state index in [1.165, 1.54) is 32.1 Å². The smallest absolute Gasteiger partial charge is 0.305 e. The minimum Gasteiger partial charge on any atom is -0.465 e. The van der Waals surface area contributed by atoms with Crippen LogP contribution in [0.5, 0.6) is 0 Å². The van der Waals surface area contributed by atoms with Crippen molar-refractivity contribution in [3.05, 3.63) is 0 Å². The predicted octanol–water partition coefficient (Wildman–Crippen LogP) is 3.28. The Morgan fingerprint density at radius 3 is 2.50 bits per heavy atom. The molecule has 0 aromatic carbocycles. The zero-order chi connectivity index (χ0) is 13.4. The Morgan fingerprint density at radius 2 is 1.89 bits per heavy atom. The van der Waals surface area contributed by atoms with Gasteiger partial charge in [0.05, 0.1) is 6.61 Å². The first kappa shape index (κ1) is 15.5. The first-order valence-electron chi connectivity index (χ1n) is 7.38. The van der Waals surface area contributed by atoms with E-state index in [4.69, 9.17) is 4.74 Å². The summed E-state index contributed by atoms with van der Waals surface area (Å²) in [6.07, 6.45) is 7.83. The highest BCUT2D eigenvalue weighted by Gasteiger charge is 2.15. The van der Waals surface area contributed by atoms with Gasteiger partial charge in [0.2, 0.25) is 0 Å². The fourth-order valence-corrected chi connectivity index (χ4v) is 2.33. The second kappa shape index (κ2) is 7.78. The minimum atomic E-state index is -0.0312.